The van der Waals surface area contributed by atoms with E-state index in [1.165, 1.54) is 23.5 Å². The van der Waals surface area contributed by atoms with E-state index < -0.39 is 0 Å². The summed E-state index contributed by atoms with van der Waals surface area (Å²) in [5, 5.41) is 2.37. The summed E-state index contributed by atoms with van der Waals surface area (Å²) in [4.78, 5) is 14.5. The van der Waals surface area contributed by atoms with Crippen molar-refractivity contribution in [2.75, 3.05) is 18.0 Å². The zero-order valence-electron chi connectivity index (χ0n) is 11.3. The Kier molecular flexibility index (Phi) is 4.53. The van der Waals surface area contributed by atoms with Gasteiger partial charge in [-0.2, -0.15) is 0 Å². The number of benzene rings is 1. The normalized spacial score (nSPS) is 10.9. The number of nitrogens with zero attached hydrogens (tertiary/aromatic N) is 1. The Morgan fingerprint density at radius 3 is 2.79 bits per heavy atom. The lowest BCUT2D eigenvalue weighted by molar-refractivity contribution is 0.629. The minimum Gasteiger partial charge on any atom is -0.368 e. The van der Waals surface area contributed by atoms with Gasteiger partial charge in [0.2, 0.25) is 5.43 Å². The Balaban J connectivity index is 2.49. The molecule has 0 aliphatic heterocycles. The quantitative estimate of drug-likeness (QED) is 0.823. The van der Waals surface area contributed by atoms with E-state index in [2.05, 4.69) is 11.8 Å². The first-order valence-corrected chi connectivity index (χ1v) is 7.51. The predicted octanol–water partition coefficient (Wildman–Crippen LogP) is 4.03. The average Bonchev–Trinajstić information content (AvgIpc) is 2.42. The molecule has 2 nitrogen and oxygen atoms in total. The molecule has 102 valence electrons. The van der Waals surface area contributed by atoms with Gasteiger partial charge in [-0.3, -0.25) is 4.79 Å². The molecule has 0 amide bonds. The molecule has 0 radical (unpaired) electrons. The fourth-order valence-electron chi connectivity index (χ4n) is 2.11. The SMILES string of the molecule is CCCCN(CC)c1csc2ccc(F)cc2c1=O. The van der Waals surface area contributed by atoms with E-state index in [0.717, 1.165) is 30.6 Å². The summed E-state index contributed by atoms with van der Waals surface area (Å²) in [7, 11) is 0. The van der Waals surface area contributed by atoms with Crippen LogP contribution in [0, 0.1) is 5.82 Å². The Morgan fingerprint density at radius 2 is 2.11 bits per heavy atom. The number of rotatable bonds is 5. The number of hydrogen-bond acceptors (Lipinski definition) is 3. The molecule has 0 bridgehead atoms. The highest BCUT2D eigenvalue weighted by atomic mass is 32.1. The van der Waals surface area contributed by atoms with E-state index in [9.17, 15) is 9.18 Å². The maximum Gasteiger partial charge on any atom is 0.211 e. The third-order valence-electron chi connectivity index (χ3n) is 3.22. The van der Waals surface area contributed by atoms with E-state index in [-0.39, 0.29) is 11.2 Å². The Labute approximate surface area is 116 Å². The third-order valence-corrected chi connectivity index (χ3v) is 4.17. The largest absolute Gasteiger partial charge is 0.368 e. The smallest absolute Gasteiger partial charge is 0.211 e. The summed E-state index contributed by atoms with van der Waals surface area (Å²) < 4.78 is 14.1. The molecule has 2 rings (SSSR count). The molecule has 1 heterocycles. The zero-order valence-corrected chi connectivity index (χ0v) is 12.1. The van der Waals surface area contributed by atoms with Crippen molar-refractivity contribution in [3.05, 3.63) is 39.6 Å². The molecular formula is C15H18FNOS. The van der Waals surface area contributed by atoms with E-state index in [0.29, 0.717) is 11.1 Å². The van der Waals surface area contributed by atoms with Gasteiger partial charge >= 0.3 is 0 Å². The molecule has 1 aromatic carbocycles. The van der Waals surface area contributed by atoms with Crippen LogP contribution in [0.2, 0.25) is 0 Å². The second-order valence-electron chi connectivity index (χ2n) is 4.52. The van der Waals surface area contributed by atoms with Crippen LogP contribution in [0.15, 0.2) is 28.4 Å². The monoisotopic (exact) mass is 279 g/mol. The zero-order chi connectivity index (χ0) is 13.8. The fraction of sp³-hybridized carbons (Fsp3) is 0.400. The molecule has 2 aromatic rings. The van der Waals surface area contributed by atoms with E-state index in [4.69, 9.17) is 0 Å². The van der Waals surface area contributed by atoms with Gasteiger partial charge in [-0.15, -0.1) is 11.3 Å². The summed E-state index contributed by atoms with van der Waals surface area (Å²) in [5.74, 6) is -0.356. The fourth-order valence-corrected chi connectivity index (χ4v) is 3.03. The predicted molar refractivity (Wildman–Crippen MR) is 80.8 cm³/mol. The number of halogens is 1. The molecule has 0 atom stereocenters. The second kappa shape index (κ2) is 6.15. The molecule has 0 fully saturated rings. The van der Waals surface area contributed by atoms with Gasteiger partial charge in [-0.1, -0.05) is 13.3 Å². The van der Waals surface area contributed by atoms with Gasteiger partial charge in [0.25, 0.3) is 0 Å². The lowest BCUT2D eigenvalue weighted by Crippen LogP contribution is -2.28. The lowest BCUT2D eigenvalue weighted by Gasteiger charge is -2.22. The number of unbranched alkanes of at least 4 members (excludes halogenated alkanes) is 1. The summed E-state index contributed by atoms with van der Waals surface area (Å²) in [6, 6.07) is 4.40. The maximum absolute atomic E-state index is 13.3. The van der Waals surface area contributed by atoms with Crippen LogP contribution in [-0.4, -0.2) is 13.1 Å². The van der Waals surface area contributed by atoms with Gasteiger partial charge in [0.05, 0.1) is 5.69 Å². The lowest BCUT2D eigenvalue weighted by atomic mass is 10.2. The second-order valence-corrected chi connectivity index (χ2v) is 5.44. The number of anilines is 1. The minimum atomic E-state index is -0.356. The van der Waals surface area contributed by atoms with Gasteiger partial charge in [0, 0.05) is 28.6 Å². The highest BCUT2D eigenvalue weighted by Gasteiger charge is 2.11. The maximum atomic E-state index is 13.3. The van der Waals surface area contributed by atoms with Gasteiger partial charge in [-0.05, 0) is 31.5 Å². The molecule has 19 heavy (non-hydrogen) atoms. The van der Waals surface area contributed by atoms with Crippen molar-refractivity contribution in [3.63, 3.8) is 0 Å². The van der Waals surface area contributed by atoms with Crippen LogP contribution in [-0.2, 0) is 0 Å². The van der Waals surface area contributed by atoms with E-state index >= 15 is 0 Å². The molecular weight excluding hydrogens is 261 g/mol. The Bertz CT molecular complexity index is 623. The van der Waals surface area contributed by atoms with Crippen LogP contribution in [0.3, 0.4) is 0 Å². The van der Waals surface area contributed by atoms with Crippen molar-refractivity contribution in [2.24, 2.45) is 0 Å². The molecule has 4 heteroatoms. The van der Waals surface area contributed by atoms with Crippen molar-refractivity contribution in [1.82, 2.24) is 0 Å². The van der Waals surface area contributed by atoms with E-state index in [1.807, 2.05) is 12.3 Å². The van der Waals surface area contributed by atoms with Crippen LogP contribution in [0.25, 0.3) is 10.1 Å². The van der Waals surface area contributed by atoms with Gasteiger partial charge in [-0.25, -0.2) is 4.39 Å². The first-order chi connectivity index (χ1) is 9.17. The molecule has 0 saturated heterocycles. The highest BCUT2D eigenvalue weighted by Crippen LogP contribution is 2.22. The molecule has 0 spiro atoms. The number of fused-ring (bicyclic) bond motifs is 1. The van der Waals surface area contributed by atoms with Crippen molar-refractivity contribution in [3.8, 4) is 0 Å². The molecule has 0 N–H and O–H groups in total. The van der Waals surface area contributed by atoms with Crippen LogP contribution in [0.4, 0.5) is 10.1 Å². The van der Waals surface area contributed by atoms with Crippen molar-refractivity contribution in [1.29, 1.82) is 0 Å². The van der Waals surface area contributed by atoms with Crippen LogP contribution < -0.4 is 10.3 Å². The summed E-state index contributed by atoms with van der Waals surface area (Å²) in [6.45, 7) is 5.83. The Hall–Kier alpha value is -1.42. The van der Waals surface area contributed by atoms with Gasteiger partial charge < -0.3 is 4.90 Å². The van der Waals surface area contributed by atoms with Crippen molar-refractivity contribution in [2.45, 2.75) is 26.7 Å². The van der Waals surface area contributed by atoms with E-state index in [1.54, 1.807) is 6.07 Å². The standard InChI is InChI=1S/C15H18FNOS/c1-3-5-8-17(4-2)13-10-19-14-7-6-11(16)9-12(14)15(13)18/h6-7,9-10H,3-5,8H2,1-2H3. The molecule has 0 aliphatic rings. The molecule has 1 aromatic heterocycles. The first kappa shape index (κ1) is 14.0. The van der Waals surface area contributed by atoms with Crippen LogP contribution >= 0.6 is 11.3 Å². The van der Waals surface area contributed by atoms with Gasteiger partial charge in [0.15, 0.2) is 0 Å². The molecule has 0 saturated carbocycles. The summed E-state index contributed by atoms with van der Waals surface area (Å²) in [6.07, 6.45) is 2.15. The molecule has 0 aliphatic carbocycles. The first-order valence-electron chi connectivity index (χ1n) is 6.63. The van der Waals surface area contributed by atoms with Crippen LogP contribution in [0.5, 0.6) is 0 Å². The topological polar surface area (TPSA) is 20.3 Å². The van der Waals surface area contributed by atoms with Gasteiger partial charge in [0.1, 0.15) is 5.82 Å². The number of hydrogen-bond donors (Lipinski definition) is 0. The average molecular weight is 279 g/mol. The Morgan fingerprint density at radius 1 is 1.32 bits per heavy atom. The van der Waals surface area contributed by atoms with Crippen LogP contribution in [0.1, 0.15) is 26.7 Å². The highest BCUT2D eigenvalue weighted by molar-refractivity contribution is 7.16. The molecule has 0 unspecified atom stereocenters. The summed E-state index contributed by atoms with van der Waals surface area (Å²) in [5.41, 5.74) is 0.630. The third kappa shape index (κ3) is 2.95. The summed E-state index contributed by atoms with van der Waals surface area (Å²) >= 11 is 1.50. The minimum absolute atomic E-state index is 0.0637. The van der Waals surface area contributed by atoms with Crippen molar-refractivity contribution < 1.29 is 4.39 Å². The van der Waals surface area contributed by atoms with Crippen molar-refractivity contribution >= 4 is 27.1 Å².